The first-order chi connectivity index (χ1) is 19.9. The molecule has 2 aliphatic rings. The molecule has 9 nitrogen and oxygen atoms in total. The molecule has 1 unspecified atom stereocenters. The van der Waals surface area contributed by atoms with E-state index in [2.05, 4.69) is 40.0 Å². The first-order valence-corrected chi connectivity index (χ1v) is 14.2. The van der Waals surface area contributed by atoms with Gasteiger partial charge in [-0.15, -0.1) is 5.10 Å². The Bertz CT molecular complexity index is 1570. The van der Waals surface area contributed by atoms with Crippen LogP contribution in [0.1, 0.15) is 56.8 Å². The van der Waals surface area contributed by atoms with Gasteiger partial charge in [0.25, 0.3) is 0 Å². The number of halogens is 2. The Balaban J connectivity index is 1.34. The van der Waals surface area contributed by atoms with Gasteiger partial charge in [0.1, 0.15) is 23.5 Å². The Morgan fingerprint density at radius 1 is 1.02 bits per heavy atom. The fourth-order valence-corrected chi connectivity index (χ4v) is 5.81. The number of nitrogens with zero attached hydrogens (tertiary/aromatic N) is 8. The summed E-state index contributed by atoms with van der Waals surface area (Å²) in [5.74, 6) is 1.000. The van der Waals surface area contributed by atoms with Crippen LogP contribution >= 0.6 is 0 Å². The van der Waals surface area contributed by atoms with E-state index in [0.29, 0.717) is 41.3 Å². The lowest BCUT2D eigenvalue weighted by molar-refractivity contribution is 0.169. The van der Waals surface area contributed by atoms with E-state index in [1.165, 1.54) is 12.1 Å². The summed E-state index contributed by atoms with van der Waals surface area (Å²) >= 11 is 0. The molecule has 2 saturated heterocycles. The number of pyridine rings is 1. The van der Waals surface area contributed by atoms with Crippen LogP contribution in [-0.2, 0) is 0 Å². The molecule has 0 saturated carbocycles. The van der Waals surface area contributed by atoms with E-state index in [1.807, 2.05) is 0 Å². The number of nitrogens with one attached hydrogen (secondary N) is 1. The highest BCUT2D eigenvalue weighted by Crippen LogP contribution is 2.31. The highest BCUT2D eigenvalue weighted by atomic mass is 19.1. The van der Waals surface area contributed by atoms with Crippen molar-refractivity contribution < 1.29 is 8.78 Å². The average molecular weight is 558 g/mol. The fraction of sp³-hybridized carbons (Fsp3) is 0.433. The molecule has 41 heavy (non-hydrogen) atoms. The van der Waals surface area contributed by atoms with E-state index in [1.54, 1.807) is 28.9 Å². The number of likely N-dealkylation sites (tertiary alicyclic amines) is 1. The summed E-state index contributed by atoms with van der Waals surface area (Å²) in [5, 5.41) is 17.5. The van der Waals surface area contributed by atoms with Crippen molar-refractivity contribution in [1.29, 1.82) is 5.26 Å². The molecule has 0 bridgehead atoms. The van der Waals surface area contributed by atoms with Crippen LogP contribution in [0.3, 0.4) is 0 Å². The molecule has 3 aromatic heterocycles. The SMILES string of the molecule is CC(C)N1CCC(c2nc3cc(-c4ccc(F)cc4F)nc(N4CCCC(Nc5ccc(C#N)cn5)C4)n3n2)CC1. The molecule has 4 aromatic rings. The van der Waals surface area contributed by atoms with Gasteiger partial charge in [0.15, 0.2) is 11.5 Å². The number of fused-ring (bicyclic) bond motifs is 1. The van der Waals surface area contributed by atoms with Crippen molar-refractivity contribution in [3.63, 3.8) is 0 Å². The van der Waals surface area contributed by atoms with Gasteiger partial charge in [0.05, 0.1) is 11.3 Å². The van der Waals surface area contributed by atoms with Gasteiger partial charge in [0, 0.05) is 55.0 Å². The van der Waals surface area contributed by atoms with Gasteiger partial charge in [-0.1, -0.05) is 0 Å². The summed E-state index contributed by atoms with van der Waals surface area (Å²) in [4.78, 5) is 18.8. The van der Waals surface area contributed by atoms with Crippen LogP contribution in [0.5, 0.6) is 0 Å². The van der Waals surface area contributed by atoms with Crippen molar-refractivity contribution in [3.05, 3.63) is 65.6 Å². The molecule has 1 N–H and O–H groups in total. The van der Waals surface area contributed by atoms with E-state index in [9.17, 15) is 8.78 Å². The number of anilines is 2. The van der Waals surface area contributed by atoms with E-state index >= 15 is 0 Å². The van der Waals surface area contributed by atoms with Crippen LogP contribution in [0.2, 0.25) is 0 Å². The molecule has 6 rings (SSSR count). The molecular formula is C30H33F2N9. The fourth-order valence-electron chi connectivity index (χ4n) is 5.81. The third kappa shape index (κ3) is 5.70. The molecular weight excluding hydrogens is 524 g/mol. The van der Waals surface area contributed by atoms with Gasteiger partial charge >= 0.3 is 0 Å². The van der Waals surface area contributed by atoms with Crippen molar-refractivity contribution >= 4 is 17.4 Å². The van der Waals surface area contributed by atoms with Crippen molar-refractivity contribution in [1.82, 2.24) is 29.5 Å². The van der Waals surface area contributed by atoms with Crippen molar-refractivity contribution in [2.45, 2.75) is 57.5 Å². The van der Waals surface area contributed by atoms with Crippen LogP contribution in [0.25, 0.3) is 16.9 Å². The summed E-state index contributed by atoms with van der Waals surface area (Å²) in [6.45, 7) is 7.81. The van der Waals surface area contributed by atoms with Gasteiger partial charge in [-0.3, -0.25) is 0 Å². The first-order valence-electron chi connectivity index (χ1n) is 14.2. The van der Waals surface area contributed by atoms with Crippen LogP contribution in [0.15, 0.2) is 42.6 Å². The summed E-state index contributed by atoms with van der Waals surface area (Å²) < 4.78 is 30.4. The molecule has 212 valence electrons. The normalized spacial score (nSPS) is 18.6. The second-order valence-corrected chi connectivity index (χ2v) is 11.2. The first kappa shape index (κ1) is 27.0. The Morgan fingerprint density at radius 3 is 2.56 bits per heavy atom. The smallest absolute Gasteiger partial charge is 0.229 e. The maximum absolute atomic E-state index is 14.9. The number of hydrogen-bond donors (Lipinski definition) is 1. The second kappa shape index (κ2) is 11.4. The number of aromatic nitrogens is 5. The molecule has 1 atom stereocenters. The predicted molar refractivity (Wildman–Crippen MR) is 153 cm³/mol. The summed E-state index contributed by atoms with van der Waals surface area (Å²) in [6, 6.07) is 11.5. The quantitative estimate of drug-likeness (QED) is 0.354. The van der Waals surface area contributed by atoms with Crippen LogP contribution in [0.4, 0.5) is 20.5 Å². The third-order valence-corrected chi connectivity index (χ3v) is 8.11. The van der Waals surface area contributed by atoms with Crippen molar-refractivity contribution in [2.24, 2.45) is 0 Å². The number of rotatable bonds is 6. The van der Waals surface area contributed by atoms with E-state index in [-0.39, 0.29) is 17.5 Å². The Kier molecular flexibility index (Phi) is 7.49. The summed E-state index contributed by atoms with van der Waals surface area (Å²) in [7, 11) is 0. The molecule has 0 radical (unpaired) electrons. The van der Waals surface area contributed by atoms with E-state index < -0.39 is 11.6 Å². The predicted octanol–water partition coefficient (Wildman–Crippen LogP) is 5.00. The minimum Gasteiger partial charge on any atom is -0.366 e. The lowest BCUT2D eigenvalue weighted by Gasteiger charge is -2.34. The van der Waals surface area contributed by atoms with Crippen LogP contribution < -0.4 is 10.2 Å². The third-order valence-electron chi connectivity index (χ3n) is 8.11. The molecule has 2 aliphatic heterocycles. The zero-order valence-electron chi connectivity index (χ0n) is 23.3. The second-order valence-electron chi connectivity index (χ2n) is 11.2. The van der Waals surface area contributed by atoms with Gasteiger partial charge in [-0.25, -0.2) is 23.7 Å². The zero-order chi connectivity index (χ0) is 28.5. The minimum atomic E-state index is -0.668. The average Bonchev–Trinajstić information content (AvgIpc) is 3.42. The van der Waals surface area contributed by atoms with Crippen LogP contribution in [0, 0.1) is 23.0 Å². The Hall–Kier alpha value is -4.17. The van der Waals surface area contributed by atoms with E-state index in [0.717, 1.165) is 57.2 Å². The van der Waals surface area contributed by atoms with Gasteiger partial charge < -0.3 is 15.1 Å². The number of hydrogen-bond acceptors (Lipinski definition) is 8. The largest absolute Gasteiger partial charge is 0.366 e. The lowest BCUT2D eigenvalue weighted by Crippen LogP contribution is -2.43. The topological polar surface area (TPSA) is 98.3 Å². The van der Waals surface area contributed by atoms with Gasteiger partial charge in [-0.05, 0) is 76.9 Å². The number of nitriles is 1. The van der Waals surface area contributed by atoms with Crippen LogP contribution in [-0.4, -0.2) is 67.7 Å². The number of piperidine rings is 2. The highest BCUT2D eigenvalue weighted by Gasteiger charge is 2.28. The van der Waals surface area contributed by atoms with E-state index in [4.69, 9.17) is 20.3 Å². The van der Waals surface area contributed by atoms with Crippen molar-refractivity contribution in [3.8, 4) is 17.3 Å². The van der Waals surface area contributed by atoms with Gasteiger partial charge in [0.2, 0.25) is 5.95 Å². The summed E-state index contributed by atoms with van der Waals surface area (Å²) in [6.07, 6.45) is 5.35. The molecule has 0 amide bonds. The minimum absolute atomic E-state index is 0.0793. The number of benzene rings is 1. The molecule has 5 heterocycles. The monoisotopic (exact) mass is 557 g/mol. The molecule has 11 heteroatoms. The highest BCUT2D eigenvalue weighted by molar-refractivity contribution is 5.66. The molecule has 0 spiro atoms. The van der Waals surface area contributed by atoms with Gasteiger partial charge in [-0.2, -0.15) is 9.78 Å². The standard InChI is InChI=1S/C30H33F2N9/c1-19(2)39-12-9-21(10-13-39)29-37-28-15-26(24-7-6-22(31)14-25(24)32)36-30(41(28)38-29)40-11-3-4-23(18-40)35-27-8-5-20(16-33)17-34-27/h5-8,14-15,17,19,21,23H,3-4,9-13,18H2,1-2H3,(H,34,35). The molecule has 0 aliphatic carbocycles. The lowest BCUT2D eigenvalue weighted by atomic mass is 9.95. The Morgan fingerprint density at radius 2 is 1.85 bits per heavy atom. The maximum Gasteiger partial charge on any atom is 0.229 e. The Labute approximate surface area is 237 Å². The zero-order valence-corrected chi connectivity index (χ0v) is 23.3. The molecule has 1 aromatic carbocycles. The maximum atomic E-state index is 14.9. The summed E-state index contributed by atoms with van der Waals surface area (Å²) in [5.41, 5.74) is 1.72. The molecule has 2 fully saturated rings. The van der Waals surface area contributed by atoms with Crippen molar-refractivity contribution in [2.75, 3.05) is 36.4 Å².